The first-order valence-corrected chi connectivity index (χ1v) is 5.33. The molecule has 0 N–H and O–H groups in total. The molecule has 0 aliphatic heterocycles. The molecule has 0 spiro atoms. The molecular formula is C11H21NO2. The van der Waals surface area contributed by atoms with Crippen LogP contribution in [0.4, 0.5) is 0 Å². The van der Waals surface area contributed by atoms with E-state index in [2.05, 4.69) is 11.8 Å². The van der Waals surface area contributed by atoms with Crippen LogP contribution in [0.5, 0.6) is 0 Å². The van der Waals surface area contributed by atoms with E-state index in [9.17, 15) is 4.79 Å². The zero-order valence-electron chi connectivity index (χ0n) is 9.67. The van der Waals surface area contributed by atoms with Gasteiger partial charge in [-0.2, -0.15) is 0 Å². The molecule has 14 heavy (non-hydrogen) atoms. The highest BCUT2D eigenvalue weighted by atomic mass is 16.5. The average molecular weight is 199 g/mol. The van der Waals surface area contributed by atoms with Crippen molar-refractivity contribution in [2.75, 3.05) is 20.7 Å². The van der Waals surface area contributed by atoms with Crippen LogP contribution in [-0.2, 0) is 9.53 Å². The van der Waals surface area contributed by atoms with Crippen LogP contribution in [0.2, 0.25) is 0 Å². The molecule has 3 heteroatoms. The predicted molar refractivity (Wildman–Crippen MR) is 56.1 cm³/mol. The molecule has 0 amide bonds. The smallest absolute Gasteiger partial charge is 0.307 e. The van der Waals surface area contributed by atoms with E-state index in [0.29, 0.717) is 13.0 Å². The Balaban J connectivity index is 2.49. The molecular weight excluding hydrogens is 178 g/mol. The summed E-state index contributed by atoms with van der Waals surface area (Å²) >= 11 is 0. The highest BCUT2D eigenvalue weighted by molar-refractivity contribution is 5.71. The molecule has 0 aromatic carbocycles. The van der Waals surface area contributed by atoms with Crippen LogP contribution in [0.1, 0.15) is 33.1 Å². The van der Waals surface area contributed by atoms with E-state index >= 15 is 0 Å². The van der Waals surface area contributed by atoms with Gasteiger partial charge in [-0.25, -0.2) is 0 Å². The SMILES string of the molecule is CCOC(=O)CC1(N(C)C)CC(C)C1. The number of carbonyl (C=O) groups excluding carboxylic acids is 1. The van der Waals surface area contributed by atoms with Crippen molar-refractivity contribution in [3.8, 4) is 0 Å². The number of carbonyl (C=O) groups is 1. The van der Waals surface area contributed by atoms with Gasteiger partial charge >= 0.3 is 5.97 Å². The second kappa shape index (κ2) is 4.30. The first-order chi connectivity index (χ1) is 6.50. The standard InChI is InChI=1S/C11H21NO2/c1-5-14-10(13)8-11(12(3)4)6-9(2)7-11/h9H,5-8H2,1-4H3. The second-order valence-corrected chi connectivity index (χ2v) is 4.61. The van der Waals surface area contributed by atoms with Gasteiger partial charge in [0.15, 0.2) is 0 Å². The van der Waals surface area contributed by atoms with Gasteiger partial charge in [0.05, 0.1) is 13.0 Å². The maximum absolute atomic E-state index is 11.4. The van der Waals surface area contributed by atoms with Crippen molar-refractivity contribution in [3.05, 3.63) is 0 Å². The van der Waals surface area contributed by atoms with Gasteiger partial charge in [-0.05, 0) is 39.8 Å². The van der Waals surface area contributed by atoms with Crippen molar-refractivity contribution in [3.63, 3.8) is 0 Å². The van der Waals surface area contributed by atoms with Gasteiger partial charge in [0.1, 0.15) is 0 Å². The summed E-state index contributed by atoms with van der Waals surface area (Å²) < 4.78 is 4.99. The quantitative estimate of drug-likeness (QED) is 0.645. The molecule has 3 nitrogen and oxygen atoms in total. The summed E-state index contributed by atoms with van der Waals surface area (Å²) in [5.74, 6) is 0.680. The first-order valence-electron chi connectivity index (χ1n) is 5.33. The molecule has 0 heterocycles. The van der Waals surface area contributed by atoms with Crippen molar-refractivity contribution < 1.29 is 9.53 Å². The predicted octanol–water partition coefficient (Wildman–Crippen LogP) is 1.67. The summed E-state index contributed by atoms with van der Waals surface area (Å²) in [4.78, 5) is 13.6. The highest BCUT2D eigenvalue weighted by Gasteiger charge is 2.45. The Kier molecular flexibility index (Phi) is 3.53. The number of rotatable bonds is 4. The number of hydrogen-bond acceptors (Lipinski definition) is 3. The molecule has 1 aliphatic rings. The van der Waals surface area contributed by atoms with E-state index < -0.39 is 0 Å². The van der Waals surface area contributed by atoms with Gasteiger partial charge in [-0.3, -0.25) is 4.79 Å². The molecule has 0 radical (unpaired) electrons. The fraction of sp³-hybridized carbons (Fsp3) is 0.909. The Bertz CT molecular complexity index is 207. The summed E-state index contributed by atoms with van der Waals surface area (Å²) in [6.07, 6.45) is 2.76. The summed E-state index contributed by atoms with van der Waals surface area (Å²) in [6.45, 7) is 4.56. The van der Waals surface area contributed by atoms with Crippen molar-refractivity contribution in [1.29, 1.82) is 0 Å². The van der Waals surface area contributed by atoms with Gasteiger partial charge in [0.2, 0.25) is 0 Å². The molecule has 1 saturated carbocycles. The Morgan fingerprint density at radius 2 is 2.07 bits per heavy atom. The fourth-order valence-electron chi connectivity index (χ4n) is 2.39. The summed E-state index contributed by atoms with van der Waals surface area (Å²) in [5, 5.41) is 0. The van der Waals surface area contributed by atoms with Gasteiger partial charge in [0.25, 0.3) is 0 Å². The first kappa shape index (κ1) is 11.5. The van der Waals surface area contributed by atoms with E-state index in [1.807, 2.05) is 21.0 Å². The number of hydrogen-bond donors (Lipinski definition) is 0. The Labute approximate surface area is 86.4 Å². The minimum Gasteiger partial charge on any atom is -0.466 e. The fourth-order valence-corrected chi connectivity index (χ4v) is 2.39. The zero-order valence-corrected chi connectivity index (χ0v) is 9.67. The van der Waals surface area contributed by atoms with Crippen molar-refractivity contribution in [2.45, 2.75) is 38.6 Å². The molecule has 0 aromatic rings. The van der Waals surface area contributed by atoms with Gasteiger partial charge in [-0.1, -0.05) is 6.92 Å². The summed E-state index contributed by atoms with van der Waals surface area (Å²) in [6, 6.07) is 0. The molecule has 0 bridgehead atoms. The minimum absolute atomic E-state index is 0.0619. The summed E-state index contributed by atoms with van der Waals surface area (Å²) in [5.41, 5.74) is 0.0751. The second-order valence-electron chi connectivity index (χ2n) is 4.61. The Morgan fingerprint density at radius 3 is 2.43 bits per heavy atom. The van der Waals surface area contributed by atoms with Crippen LogP contribution >= 0.6 is 0 Å². The summed E-state index contributed by atoms with van der Waals surface area (Å²) in [7, 11) is 4.09. The lowest BCUT2D eigenvalue weighted by Crippen LogP contribution is -2.55. The molecule has 82 valence electrons. The van der Waals surface area contributed by atoms with E-state index in [0.717, 1.165) is 18.8 Å². The van der Waals surface area contributed by atoms with Crippen molar-refractivity contribution >= 4 is 5.97 Å². The van der Waals surface area contributed by atoms with Gasteiger partial charge < -0.3 is 9.64 Å². The number of ether oxygens (including phenoxy) is 1. The molecule has 0 atom stereocenters. The molecule has 0 unspecified atom stereocenters. The van der Waals surface area contributed by atoms with E-state index in [-0.39, 0.29) is 11.5 Å². The van der Waals surface area contributed by atoms with Crippen LogP contribution in [0, 0.1) is 5.92 Å². The third-order valence-electron chi connectivity index (χ3n) is 3.18. The van der Waals surface area contributed by atoms with Crippen LogP contribution in [0.3, 0.4) is 0 Å². The monoisotopic (exact) mass is 199 g/mol. The van der Waals surface area contributed by atoms with E-state index in [4.69, 9.17) is 4.74 Å². The van der Waals surface area contributed by atoms with Gasteiger partial charge in [0, 0.05) is 5.54 Å². The van der Waals surface area contributed by atoms with Gasteiger partial charge in [-0.15, -0.1) is 0 Å². The third-order valence-corrected chi connectivity index (χ3v) is 3.18. The number of esters is 1. The maximum Gasteiger partial charge on any atom is 0.307 e. The highest BCUT2D eigenvalue weighted by Crippen LogP contribution is 2.43. The Hall–Kier alpha value is -0.570. The van der Waals surface area contributed by atoms with Crippen LogP contribution in [-0.4, -0.2) is 37.1 Å². The van der Waals surface area contributed by atoms with Crippen molar-refractivity contribution in [2.24, 2.45) is 5.92 Å². The van der Waals surface area contributed by atoms with Crippen LogP contribution in [0.25, 0.3) is 0 Å². The molecule has 0 aromatic heterocycles. The molecule has 0 saturated heterocycles. The topological polar surface area (TPSA) is 29.5 Å². The molecule has 1 aliphatic carbocycles. The minimum atomic E-state index is -0.0619. The molecule has 1 rings (SSSR count). The van der Waals surface area contributed by atoms with Crippen molar-refractivity contribution in [1.82, 2.24) is 4.90 Å². The lowest BCUT2D eigenvalue weighted by Gasteiger charge is -2.50. The third kappa shape index (κ3) is 2.27. The van der Waals surface area contributed by atoms with E-state index in [1.54, 1.807) is 0 Å². The molecule has 1 fully saturated rings. The zero-order chi connectivity index (χ0) is 10.8. The maximum atomic E-state index is 11.4. The van der Waals surface area contributed by atoms with E-state index in [1.165, 1.54) is 0 Å². The Morgan fingerprint density at radius 1 is 1.50 bits per heavy atom. The van der Waals surface area contributed by atoms with Crippen LogP contribution in [0.15, 0.2) is 0 Å². The lowest BCUT2D eigenvalue weighted by molar-refractivity contribution is -0.149. The number of nitrogens with zero attached hydrogens (tertiary/aromatic N) is 1. The largest absolute Gasteiger partial charge is 0.466 e. The van der Waals surface area contributed by atoms with Crippen LogP contribution < -0.4 is 0 Å². The average Bonchev–Trinajstić information content (AvgIpc) is 2.00. The normalized spacial score (nSPS) is 31.4. The lowest BCUT2D eigenvalue weighted by atomic mass is 9.66.